The zero-order chi connectivity index (χ0) is 17.2. The van der Waals surface area contributed by atoms with Gasteiger partial charge in [-0.1, -0.05) is 78.9 Å². The molecule has 0 bridgehead atoms. The Hall–Kier alpha value is -3.33. The Bertz CT molecular complexity index is 1080. The molecule has 0 aliphatic rings. The van der Waals surface area contributed by atoms with Gasteiger partial charge in [-0.15, -0.1) is 4.73 Å². The van der Waals surface area contributed by atoms with Crippen LogP contribution in [0.5, 0.6) is 0 Å². The molecule has 1 aromatic heterocycles. The van der Waals surface area contributed by atoms with Crippen LogP contribution in [0.25, 0.3) is 33.2 Å². The Labute approximate surface area is 145 Å². The minimum atomic E-state index is -0.156. The molecule has 0 N–H and O–H groups in total. The lowest BCUT2D eigenvalue weighted by molar-refractivity contribution is 0.163. The van der Waals surface area contributed by atoms with Crippen molar-refractivity contribution in [3.8, 4) is 22.4 Å². The normalized spacial score (nSPS) is 10.8. The minimum Gasteiger partial charge on any atom is -0.413 e. The summed E-state index contributed by atoms with van der Waals surface area (Å²) in [6.07, 6.45) is 0. The van der Waals surface area contributed by atoms with Crippen LogP contribution in [0.1, 0.15) is 0 Å². The fourth-order valence-corrected chi connectivity index (χ4v) is 3.26. The zero-order valence-corrected chi connectivity index (χ0v) is 13.8. The SMILES string of the molecule is COn1c(-c2ccccc2)c(-c2ccccc2)c2ccccc2c1=O. The van der Waals surface area contributed by atoms with E-state index in [0.717, 1.165) is 27.8 Å². The van der Waals surface area contributed by atoms with E-state index < -0.39 is 0 Å². The number of fused-ring (bicyclic) bond motifs is 1. The van der Waals surface area contributed by atoms with Crippen LogP contribution < -0.4 is 10.4 Å². The topological polar surface area (TPSA) is 31.2 Å². The van der Waals surface area contributed by atoms with E-state index in [9.17, 15) is 4.79 Å². The van der Waals surface area contributed by atoms with E-state index in [-0.39, 0.29) is 5.56 Å². The monoisotopic (exact) mass is 327 g/mol. The van der Waals surface area contributed by atoms with Crippen LogP contribution in [0.15, 0.2) is 89.7 Å². The maximum Gasteiger partial charge on any atom is 0.291 e. The number of benzene rings is 3. The smallest absolute Gasteiger partial charge is 0.291 e. The quantitative estimate of drug-likeness (QED) is 0.559. The molecule has 0 saturated carbocycles. The van der Waals surface area contributed by atoms with E-state index in [2.05, 4.69) is 12.1 Å². The summed E-state index contributed by atoms with van der Waals surface area (Å²) in [5, 5.41) is 1.56. The van der Waals surface area contributed by atoms with Crippen molar-refractivity contribution in [1.29, 1.82) is 0 Å². The molecule has 0 aliphatic heterocycles. The first-order valence-corrected chi connectivity index (χ1v) is 8.14. The molecule has 0 aliphatic carbocycles. The van der Waals surface area contributed by atoms with Gasteiger partial charge in [-0.2, -0.15) is 0 Å². The molecule has 0 amide bonds. The standard InChI is InChI=1S/C22H17NO2/c1-25-23-21(17-12-6-3-7-13-17)20(16-10-4-2-5-11-16)18-14-8-9-15-19(18)22(23)24/h2-15H,1H3. The summed E-state index contributed by atoms with van der Waals surface area (Å²) in [5.41, 5.74) is 3.58. The molecule has 0 fully saturated rings. The lowest BCUT2D eigenvalue weighted by Gasteiger charge is -2.18. The fourth-order valence-electron chi connectivity index (χ4n) is 3.26. The molecule has 0 atom stereocenters. The summed E-state index contributed by atoms with van der Waals surface area (Å²) in [6.45, 7) is 0. The summed E-state index contributed by atoms with van der Waals surface area (Å²) < 4.78 is 1.39. The molecule has 0 spiro atoms. The van der Waals surface area contributed by atoms with Gasteiger partial charge < -0.3 is 4.84 Å². The summed E-state index contributed by atoms with van der Waals surface area (Å²) >= 11 is 0. The second kappa shape index (κ2) is 6.29. The zero-order valence-electron chi connectivity index (χ0n) is 13.8. The van der Waals surface area contributed by atoms with E-state index in [1.807, 2.05) is 72.8 Å². The Morgan fingerprint density at radius 1 is 0.680 bits per heavy atom. The highest BCUT2D eigenvalue weighted by Gasteiger charge is 2.19. The highest BCUT2D eigenvalue weighted by atomic mass is 16.6. The van der Waals surface area contributed by atoms with Gasteiger partial charge in [-0.05, 0) is 17.0 Å². The Balaban J connectivity index is 2.24. The van der Waals surface area contributed by atoms with Crippen LogP contribution in [0.3, 0.4) is 0 Å². The van der Waals surface area contributed by atoms with E-state index in [1.165, 1.54) is 11.8 Å². The van der Waals surface area contributed by atoms with Gasteiger partial charge in [-0.3, -0.25) is 4.79 Å². The number of rotatable bonds is 3. The Morgan fingerprint density at radius 2 is 1.20 bits per heavy atom. The molecule has 0 radical (unpaired) electrons. The molecule has 4 rings (SSSR count). The molecule has 3 nitrogen and oxygen atoms in total. The van der Waals surface area contributed by atoms with Crippen molar-refractivity contribution in [2.45, 2.75) is 0 Å². The van der Waals surface area contributed by atoms with Crippen molar-refractivity contribution >= 4 is 10.8 Å². The first-order chi connectivity index (χ1) is 12.3. The summed E-state index contributed by atoms with van der Waals surface area (Å²) in [7, 11) is 1.53. The minimum absolute atomic E-state index is 0.156. The molecule has 122 valence electrons. The van der Waals surface area contributed by atoms with Crippen molar-refractivity contribution in [2.75, 3.05) is 7.11 Å². The van der Waals surface area contributed by atoms with Crippen LogP contribution >= 0.6 is 0 Å². The lowest BCUT2D eigenvalue weighted by Crippen LogP contribution is -2.27. The second-order valence-electron chi connectivity index (χ2n) is 5.78. The average Bonchev–Trinajstić information content (AvgIpc) is 2.69. The van der Waals surface area contributed by atoms with Gasteiger partial charge >= 0.3 is 0 Å². The molecule has 0 unspecified atom stereocenters. The maximum absolute atomic E-state index is 13.0. The van der Waals surface area contributed by atoms with Crippen LogP contribution in [0.4, 0.5) is 0 Å². The first kappa shape index (κ1) is 15.2. The number of aromatic nitrogens is 1. The predicted molar refractivity (Wildman–Crippen MR) is 102 cm³/mol. The van der Waals surface area contributed by atoms with Crippen molar-refractivity contribution in [1.82, 2.24) is 4.73 Å². The van der Waals surface area contributed by atoms with Gasteiger partial charge in [0.15, 0.2) is 0 Å². The van der Waals surface area contributed by atoms with Gasteiger partial charge in [0.2, 0.25) is 0 Å². The summed E-state index contributed by atoms with van der Waals surface area (Å²) in [6, 6.07) is 27.6. The van der Waals surface area contributed by atoms with Crippen LogP contribution in [0, 0.1) is 0 Å². The van der Waals surface area contributed by atoms with E-state index in [1.54, 1.807) is 0 Å². The highest BCUT2D eigenvalue weighted by Crippen LogP contribution is 2.36. The highest BCUT2D eigenvalue weighted by molar-refractivity contribution is 6.02. The van der Waals surface area contributed by atoms with Crippen LogP contribution in [-0.4, -0.2) is 11.8 Å². The lowest BCUT2D eigenvalue weighted by atomic mass is 9.94. The molecule has 3 heteroatoms. The number of pyridine rings is 1. The second-order valence-corrected chi connectivity index (χ2v) is 5.78. The maximum atomic E-state index is 13.0. The predicted octanol–water partition coefficient (Wildman–Crippen LogP) is 4.39. The number of hydrogen-bond acceptors (Lipinski definition) is 2. The van der Waals surface area contributed by atoms with Gasteiger partial charge in [-0.25, -0.2) is 0 Å². The average molecular weight is 327 g/mol. The third-order valence-corrected chi connectivity index (χ3v) is 4.34. The third kappa shape index (κ3) is 2.50. The molecular formula is C22H17NO2. The van der Waals surface area contributed by atoms with Crippen molar-refractivity contribution in [3.05, 3.63) is 95.3 Å². The van der Waals surface area contributed by atoms with E-state index in [0.29, 0.717) is 5.39 Å². The molecular weight excluding hydrogens is 310 g/mol. The van der Waals surface area contributed by atoms with Crippen LogP contribution in [-0.2, 0) is 0 Å². The van der Waals surface area contributed by atoms with E-state index in [4.69, 9.17) is 4.84 Å². The van der Waals surface area contributed by atoms with Crippen molar-refractivity contribution < 1.29 is 4.84 Å². The first-order valence-electron chi connectivity index (χ1n) is 8.14. The summed E-state index contributed by atoms with van der Waals surface area (Å²) in [4.78, 5) is 18.5. The molecule has 1 heterocycles. The van der Waals surface area contributed by atoms with Gasteiger partial charge in [0.25, 0.3) is 5.56 Å². The van der Waals surface area contributed by atoms with Crippen molar-refractivity contribution in [2.24, 2.45) is 0 Å². The third-order valence-electron chi connectivity index (χ3n) is 4.34. The molecule has 3 aromatic carbocycles. The molecule has 0 saturated heterocycles. The number of nitrogens with zero attached hydrogens (tertiary/aromatic N) is 1. The van der Waals surface area contributed by atoms with Crippen molar-refractivity contribution in [3.63, 3.8) is 0 Å². The van der Waals surface area contributed by atoms with Gasteiger partial charge in [0.1, 0.15) is 7.11 Å². The molecule has 25 heavy (non-hydrogen) atoms. The van der Waals surface area contributed by atoms with Gasteiger partial charge in [0.05, 0.1) is 11.1 Å². The largest absolute Gasteiger partial charge is 0.413 e. The Morgan fingerprint density at radius 3 is 1.80 bits per heavy atom. The molecule has 4 aromatic rings. The summed E-state index contributed by atoms with van der Waals surface area (Å²) in [5.74, 6) is 0. The van der Waals surface area contributed by atoms with Gasteiger partial charge in [0, 0.05) is 11.1 Å². The fraction of sp³-hybridized carbons (Fsp3) is 0.0455. The van der Waals surface area contributed by atoms with Crippen LogP contribution in [0.2, 0.25) is 0 Å². The Kier molecular flexibility index (Phi) is 3.82. The van der Waals surface area contributed by atoms with E-state index >= 15 is 0 Å². The number of hydrogen-bond donors (Lipinski definition) is 0.